The first-order chi connectivity index (χ1) is 14.1. The summed E-state index contributed by atoms with van der Waals surface area (Å²) in [6.07, 6.45) is 4.19. The molecule has 1 aromatic carbocycles. The van der Waals surface area contributed by atoms with Gasteiger partial charge in [-0.2, -0.15) is 0 Å². The quantitative estimate of drug-likeness (QED) is 0.718. The molecule has 7 heteroatoms. The van der Waals surface area contributed by atoms with E-state index in [2.05, 4.69) is 10.3 Å². The van der Waals surface area contributed by atoms with Crippen LogP contribution in [0.15, 0.2) is 47.4 Å². The van der Waals surface area contributed by atoms with Gasteiger partial charge < -0.3 is 19.5 Å². The number of nitrogens with zero attached hydrogens (tertiary/aromatic N) is 2. The topological polar surface area (TPSA) is 74.1 Å². The number of ether oxygens (including phenoxy) is 3. The third kappa shape index (κ3) is 3.11. The molecule has 2 aliphatic rings. The normalized spacial score (nSPS) is 22.8. The summed E-state index contributed by atoms with van der Waals surface area (Å²) in [5, 5.41) is 3.40. The zero-order valence-electron chi connectivity index (χ0n) is 16.5. The molecule has 1 spiro atoms. The second-order valence-corrected chi connectivity index (χ2v) is 7.74. The molecule has 0 radical (unpaired) electrons. The lowest BCUT2D eigenvalue weighted by molar-refractivity contribution is 0.250. The average Bonchev–Trinajstić information content (AvgIpc) is 3.17. The summed E-state index contributed by atoms with van der Waals surface area (Å²) < 4.78 is 18.3. The molecule has 3 heterocycles. The number of fused-ring (bicyclic) bond motifs is 1. The van der Waals surface area contributed by atoms with Gasteiger partial charge in [0.2, 0.25) is 0 Å². The number of aromatic nitrogens is 2. The van der Waals surface area contributed by atoms with Gasteiger partial charge in [-0.15, -0.1) is 0 Å². The molecule has 29 heavy (non-hydrogen) atoms. The summed E-state index contributed by atoms with van der Waals surface area (Å²) in [7, 11) is 3.17. The average molecular weight is 393 g/mol. The maximum Gasteiger partial charge on any atom is 0.258 e. The number of rotatable bonds is 5. The molecule has 7 nitrogen and oxygen atoms in total. The monoisotopic (exact) mass is 393 g/mol. The summed E-state index contributed by atoms with van der Waals surface area (Å²) in [4.78, 5) is 17.4. The second-order valence-electron chi connectivity index (χ2n) is 7.74. The van der Waals surface area contributed by atoms with E-state index in [-0.39, 0.29) is 17.1 Å². The van der Waals surface area contributed by atoms with Crippen LogP contribution in [0.1, 0.15) is 12.8 Å². The van der Waals surface area contributed by atoms with Crippen molar-refractivity contribution in [3.05, 3.63) is 52.9 Å². The molecule has 0 bridgehead atoms. The SMILES string of the molecule is COc1ccc(-c2cc(=O)n3cc(OC4CC45CCNC5)ccc3n2)cc1OC. The molecule has 5 rings (SSSR count). The Morgan fingerprint density at radius 1 is 1.14 bits per heavy atom. The highest BCUT2D eigenvalue weighted by atomic mass is 16.5. The van der Waals surface area contributed by atoms with Crippen LogP contribution in [0.5, 0.6) is 17.2 Å². The molecule has 150 valence electrons. The van der Waals surface area contributed by atoms with E-state index in [0.717, 1.165) is 31.5 Å². The van der Waals surface area contributed by atoms with Crippen molar-refractivity contribution >= 4 is 5.65 Å². The molecule has 1 aliphatic heterocycles. The molecule has 1 N–H and O–H groups in total. The van der Waals surface area contributed by atoms with Crippen LogP contribution < -0.4 is 25.1 Å². The minimum atomic E-state index is -0.154. The summed E-state index contributed by atoms with van der Waals surface area (Å²) in [5.74, 6) is 1.93. The Balaban J connectivity index is 1.45. The number of pyridine rings is 1. The molecule has 1 saturated heterocycles. The van der Waals surface area contributed by atoms with E-state index >= 15 is 0 Å². The van der Waals surface area contributed by atoms with Gasteiger partial charge in [-0.1, -0.05) is 0 Å². The molecular formula is C22H23N3O4. The largest absolute Gasteiger partial charge is 0.493 e. The van der Waals surface area contributed by atoms with Gasteiger partial charge in [-0.05, 0) is 49.7 Å². The van der Waals surface area contributed by atoms with Gasteiger partial charge in [0.25, 0.3) is 5.56 Å². The fraction of sp³-hybridized carbons (Fsp3) is 0.364. The number of benzene rings is 1. The zero-order chi connectivity index (χ0) is 20.0. The molecule has 2 fully saturated rings. The second kappa shape index (κ2) is 6.77. The smallest absolute Gasteiger partial charge is 0.258 e. The third-order valence-electron chi connectivity index (χ3n) is 5.98. The van der Waals surface area contributed by atoms with Crippen LogP contribution in [0.3, 0.4) is 0 Å². The van der Waals surface area contributed by atoms with E-state index in [1.807, 2.05) is 24.3 Å². The van der Waals surface area contributed by atoms with Crippen molar-refractivity contribution < 1.29 is 14.2 Å². The van der Waals surface area contributed by atoms with Gasteiger partial charge in [0.15, 0.2) is 11.5 Å². The van der Waals surface area contributed by atoms with Crippen LogP contribution in [0.25, 0.3) is 16.9 Å². The van der Waals surface area contributed by atoms with Crippen molar-refractivity contribution in [3.63, 3.8) is 0 Å². The number of nitrogens with one attached hydrogen (secondary N) is 1. The maximum absolute atomic E-state index is 12.8. The molecule has 0 amide bonds. The van der Waals surface area contributed by atoms with Crippen molar-refractivity contribution in [3.8, 4) is 28.5 Å². The number of hydrogen-bond donors (Lipinski definition) is 1. The molecule has 2 unspecified atom stereocenters. The first kappa shape index (κ1) is 18.0. The Morgan fingerprint density at radius 3 is 2.76 bits per heavy atom. The van der Waals surface area contributed by atoms with Crippen molar-refractivity contribution in [2.75, 3.05) is 27.3 Å². The van der Waals surface area contributed by atoms with Gasteiger partial charge in [-0.3, -0.25) is 9.20 Å². The highest BCUT2D eigenvalue weighted by Gasteiger charge is 2.57. The lowest BCUT2D eigenvalue weighted by Crippen LogP contribution is -2.17. The van der Waals surface area contributed by atoms with Crippen LogP contribution in [0.4, 0.5) is 0 Å². The Kier molecular flexibility index (Phi) is 4.20. The lowest BCUT2D eigenvalue weighted by atomic mass is 10.1. The molecule has 2 aromatic heterocycles. The predicted octanol–water partition coefficient (Wildman–Crippen LogP) is 2.51. The van der Waals surface area contributed by atoms with Gasteiger partial charge in [-0.25, -0.2) is 4.98 Å². The minimum absolute atomic E-state index is 0.154. The Labute approximate surface area is 168 Å². The van der Waals surface area contributed by atoms with E-state index in [0.29, 0.717) is 28.6 Å². The van der Waals surface area contributed by atoms with Crippen molar-refractivity contribution in [1.29, 1.82) is 0 Å². The van der Waals surface area contributed by atoms with E-state index in [1.165, 1.54) is 10.5 Å². The van der Waals surface area contributed by atoms with Crippen LogP contribution in [0, 0.1) is 5.41 Å². The predicted molar refractivity (Wildman–Crippen MR) is 109 cm³/mol. The first-order valence-corrected chi connectivity index (χ1v) is 9.75. The van der Waals surface area contributed by atoms with E-state index in [9.17, 15) is 4.79 Å². The summed E-state index contributed by atoms with van der Waals surface area (Å²) in [6, 6.07) is 10.7. The maximum atomic E-state index is 12.8. The Morgan fingerprint density at radius 2 is 2.00 bits per heavy atom. The van der Waals surface area contributed by atoms with E-state index in [1.54, 1.807) is 26.5 Å². The van der Waals surface area contributed by atoms with Crippen LogP contribution in [0.2, 0.25) is 0 Å². The molecule has 1 saturated carbocycles. The first-order valence-electron chi connectivity index (χ1n) is 9.75. The molecular weight excluding hydrogens is 370 g/mol. The van der Waals surface area contributed by atoms with Crippen LogP contribution in [-0.2, 0) is 0 Å². The summed E-state index contributed by atoms with van der Waals surface area (Å²) in [5.41, 5.74) is 2.08. The Hall–Kier alpha value is -3.06. The fourth-order valence-electron chi connectivity index (χ4n) is 4.15. The minimum Gasteiger partial charge on any atom is -0.493 e. The summed E-state index contributed by atoms with van der Waals surface area (Å²) in [6.45, 7) is 2.07. The van der Waals surface area contributed by atoms with Crippen molar-refractivity contribution in [1.82, 2.24) is 14.7 Å². The molecule has 2 atom stereocenters. The standard InChI is InChI=1S/C22H23N3O4/c1-27-17-5-3-14(9-18(17)28-2)16-10-21(26)25-12-15(4-6-20(25)24-16)29-19-11-22(19)7-8-23-13-22/h3-6,9-10,12,19,23H,7-8,11,13H2,1-2H3. The number of methoxy groups -OCH3 is 2. The molecule has 3 aromatic rings. The zero-order valence-corrected chi connectivity index (χ0v) is 16.5. The van der Waals surface area contributed by atoms with Crippen LogP contribution >= 0.6 is 0 Å². The summed E-state index contributed by atoms with van der Waals surface area (Å²) >= 11 is 0. The number of hydrogen-bond acceptors (Lipinski definition) is 6. The van der Waals surface area contributed by atoms with Gasteiger partial charge in [0, 0.05) is 23.6 Å². The third-order valence-corrected chi connectivity index (χ3v) is 5.98. The van der Waals surface area contributed by atoms with Gasteiger partial charge in [0.05, 0.1) is 26.1 Å². The lowest BCUT2D eigenvalue weighted by Gasteiger charge is -2.12. The van der Waals surface area contributed by atoms with Gasteiger partial charge in [0.1, 0.15) is 17.5 Å². The molecule has 1 aliphatic carbocycles. The van der Waals surface area contributed by atoms with Gasteiger partial charge >= 0.3 is 0 Å². The van der Waals surface area contributed by atoms with Crippen LogP contribution in [-0.4, -0.2) is 42.8 Å². The fourth-order valence-corrected chi connectivity index (χ4v) is 4.15. The van der Waals surface area contributed by atoms with Crippen molar-refractivity contribution in [2.45, 2.75) is 18.9 Å². The van der Waals surface area contributed by atoms with E-state index < -0.39 is 0 Å². The van der Waals surface area contributed by atoms with Crippen molar-refractivity contribution in [2.24, 2.45) is 5.41 Å². The van der Waals surface area contributed by atoms with E-state index in [4.69, 9.17) is 14.2 Å². The highest BCUT2D eigenvalue weighted by Crippen LogP contribution is 2.52. The Bertz CT molecular complexity index is 1130. The highest BCUT2D eigenvalue weighted by molar-refractivity contribution is 5.65.